The Morgan fingerprint density at radius 1 is 1.35 bits per heavy atom. The van der Waals surface area contributed by atoms with E-state index in [0.717, 1.165) is 31.7 Å². The molecule has 0 unspecified atom stereocenters. The summed E-state index contributed by atoms with van der Waals surface area (Å²) in [6.45, 7) is 1.84. The van der Waals surface area contributed by atoms with Gasteiger partial charge in [0.2, 0.25) is 5.78 Å². The van der Waals surface area contributed by atoms with Gasteiger partial charge in [-0.1, -0.05) is 6.07 Å². The second-order valence-electron chi connectivity index (χ2n) is 4.09. The van der Waals surface area contributed by atoms with Crippen LogP contribution in [0.2, 0.25) is 0 Å². The smallest absolute Gasteiger partial charge is 0.372 e. The summed E-state index contributed by atoms with van der Waals surface area (Å²) in [5.41, 5.74) is 0.696. The highest BCUT2D eigenvalue weighted by Gasteiger charge is 2.20. The molecule has 0 aromatic carbocycles. The Bertz CT molecular complexity index is 439. The van der Waals surface area contributed by atoms with Crippen molar-refractivity contribution < 1.29 is 14.7 Å². The fourth-order valence-corrected chi connectivity index (χ4v) is 2.03. The Morgan fingerprint density at radius 2 is 2.06 bits per heavy atom. The molecule has 0 bridgehead atoms. The number of anilines is 1. The van der Waals surface area contributed by atoms with Gasteiger partial charge in [0.15, 0.2) is 0 Å². The number of carbonyl (C=O) groups excluding carboxylic acids is 1. The highest BCUT2D eigenvalue weighted by Crippen LogP contribution is 2.22. The van der Waals surface area contributed by atoms with E-state index in [1.54, 1.807) is 18.3 Å². The van der Waals surface area contributed by atoms with Gasteiger partial charge in [0.05, 0.1) is 0 Å². The molecule has 5 nitrogen and oxygen atoms in total. The summed E-state index contributed by atoms with van der Waals surface area (Å²) in [4.78, 5) is 28.1. The molecular formula is C12H14N2O3. The minimum atomic E-state index is -1.39. The van der Waals surface area contributed by atoms with Gasteiger partial charge in [-0.05, 0) is 18.9 Å². The maximum atomic E-state index is 11.2. The van der Waals surface area contributed by atoms with Crippen molar-refractivity contribution in [2.24, 2.45) is 0 Å². The minimum absolute atomic E-state index is 0.0883. The third-order valence-corrected chi connectivity index (χ3v) is 2.86. The standard InChI is InChI=1S/C12H14N2O3/c15-10(12(16)17)8-9-4-3-5-13-11(9)14-6-1-2-7-14/h3-5H,1-2,6-8H2,(H,16,17). The van der Waals surface area contributed by atoms with E-state index in [1.807, 2.05) is 0 Å². The number of rotatable bonds is 4. The number of carbonyl (C=O) groups is 2. The molecule has 1 N–H and O–H groups in total. The fraction of sp³-hybridized carbons (Fsp3) is 0.417. The molecule has 0 aliphatic carbocycles. The van der Waals surface area contributed by atoms with Crippen LogP contribution in [0, 0.1) is 0 Å². The number of aromatic nitrogens is 1. The zero-order valence-electron chi connectivity index (χ0n) is 9.43. The van der Waals surface area contributed by atoms with Gasteiger partial charge in [-0.25, -0.2) is 9.78 Å². The maximum Gasteiger partial charge on any atom is 0.372 e. The topological polar surface area (TPSA) is 70.5 Å². The lowest BCUT2D eigenvalue weighted by atomic mass is 10.1. The van der Waals surface area contributed by atoms with Gasteiger partial charge in [-0.15, -0.1) is 0 Å². The van der Waals surface area contributed by atoms with Crippen LogP contribution in [0.5, 0.6) is 0 Å². The van der Waals surface area contributed by atoms with Crippen LogP contribution < -0.4 is 4.90 Å². The summed E-state index contributed by atoms with van der Waals surface area (Å²) in [5, 5.41) is 8.62. The Balaban J connectivity index is 2.21. The summed E-state index contributed by atoms with van der Waals surface area (Å²) in [5.74, 6) is -1.43. The van der Waals surface area contributed by atoms with Crippen LogP contribution in [0.25, 0.3) is 0 Å². The average molecular weight is 234 g/mol. The molecule has 1 aliphatic rings. The number of hydrogen-bond donors (Lipinski definition) is 1. The average Bonchev–Trinajstić information content (AvgIpc) is 2.83. The van der Waals surface area contributed by atoms with Crippen LogP contribution in [0.4, 0.5) is 5.82 Å². The first-order valence-electron chi connectivity index (χ1n) is 5.63. The number of aliphatic carboxylic acids is 1. The predicted molar refractivity (Wildman–Crippen MR) is 62.0 cm³/mol. The summed E-state index contributed by atoms with van der Waals surface area (Å²) >= 11 is 0. The number of ketones is 1. The van der Waals surface area contributed by atoms with E-state index in [2.05, 4.69) is 9.88 Å². The second kappa shape index (κ2) is 4.95. The van der Waals surface area contributed by atoms with Crippen molar-refractivity contribution in [3.8, 4) is 0 Å². The van der Waals surface area contributed by atoms with Gasteiger partial charge < -0.3 is 10.0 Å². The van der Waals surface area contributed by atoms with Gasteiger partial charge in [0.25, 0.3) is 0 Å². The molecular weight excluding hydrogens is 220 g/mol. The summed E-state index contributed by atoms with van der Waals surface area (Å²) in [6.07, 6.45) is 3.81. The Kier molecular flexibility index (Phi) is 3.37. The number of carboxylic acid groups (broad SMARTS) is 1. The van der Waals surface area contributed by atoms with Crippen LogP contribution in [-0.2, 0) is 16.0 Å². The van der Waals surface area contributed by atoms with Crippen LogP contribution in [0.1, 0.15) is 18.4 Å². The van der Waals surface area contributed by atoms with Crippen molar-refractivity contribution in [2.45, 2.75) is 19.3 Å². The molecule has 0 radical (unpaired) electrons. The number of carboxylic acids is 1. The molecule has 0 saturated carbocycles. The van der Waals surface area contributed by atoms with Crippen LogP contribution >= 0.6 is 0 Å². The number of pyridine rings is 1. The van der Waals surface area contributed by atoms with Gasteiger partial charge in [-0.3, -0.25) is 4.79 Å². The van der Waals surface area contributed by atoms with Crippen molar-refractivity contribution in [1.82, 2.24) is 4.98 Å². The quantitative estimate of drug-likeness (QED) is 0.783. The van der Waals surface area contributed by atoms with Crippen LogP contribution in [0.3, 0.4) is 0 Å². The molecule has 2 heterocycles. The molecule has 1 aromatic rings. The van der Waals surface area contributed by atoms with Gasteiger partial charge in [0.1, 0.15) is 5.82 Å². The van der Waals surface area contributed by atoms with E-state index >= 15 is 0 Å². The van der Waals surface area contributed by atoms with E-state index in [1.165, 1.54) is 0 Å². The summed E-state index contributed by atoms with van der Waals surface area (Å²) in [6, 6.07) is 3.49. The normalized spacial score (nSPS) is 14.9. The van der Waals surface area contributed by atoms with Crippen molar-refractivity contribution in [2.75, 3.05) is 18.0 Å². The highest BCUT2D eigenvalue weighted by atomic mass is 16.4. The molecule has 0 amide bonds. The van der Waals surface area contributed by atoms with E-state index in [-0.39, 0.29) is 6.42 Å². The third kappa shape index (κ3) is 2.61. The second-order valence-corrected chi connectivity index (χ2v) is 4.09. The molecule has 0 atom stereocenters. The maximum absolute atomic E-state index is 11.2. The molecule has 5 heteroatoms. The van der Waals surface area contributed by atoms with Crippen LogP contribution in [-0.4, -0.2) is 34.9 Å². The largest absolute Gasteiger partial charge is 0.475 e. The molecule has 0 spiro atoms. The van der Waals surface area contributed by atoms with Crippen LogP contribution in [0.15, 0.2) is 18.3 Å². The lowest BCUT2D eigenvalue weighted by Crippen LogP contribution is -2.23. The van der Waals surface area contributed by atoms with Gasteiger partial charge in [0, 0.05) is 31.3 Å². The highest BCUT2D eigenvalue weighted by molar-refractivity contribution is 6.33. The van der Waals surface area contributed by atoms with Crippen molar-refractivity contribution in [1.29, 1.82) is 0 Å². The van der Waals surface area contributed by atoms with E-state index < -0.39 is 11.8 Å². The molecule has 1 aliphatic heterocycles. The van der Waals surface area contributed by atoms with Gasteiger partial charge in [-0.2, -0.15) is 0 Å². The van der Waals surface area contributed by atoms with Crippen molar-refractivity contribution >= 4 is 17.6 Å². The first-order chi connectivity index (χ1) is 8.18. The summed E-state index contributed by atoms with van der Waals surface area (Å²) in [7, 11) is 0. The van der Waals surface area contributed by atoms with E-state index in [0.29, 0.717) is 5.56 Å². The Hall–Kier alpha value is -1.91. The van der Waals surface area contributed by atoms with Crippen molar-refractivity contribution in [3.05, 3.63) is 23.9 Å². The fourth-order valence-electron chi connectivity index (χ4n) is 2.03. The molecule has 1 saturated heterocycles. The third-order valence-electron chi connectivity index (χ3n) is 2.86. The zero-order valence-corrected chi connectivity index (χ0v) is 9.43. The molecule has 1 aromatic heterocycles. The zero-order chi connectivity index (χ0) is 12.3. The van der Waals surface area contributed by atoms with E-state index in [4.69, 9.17) is 5.11 Å². The molecule has 90 valence electrons. The lowest BCUT2D eigenvalue weighted by Gasteiger charge is -2.19. The lowest BCUT2D eigenvalue weighted by molar-refractivity contribution is -0.148. The molecule has 2 rings (SSSR count). The van der Waals surface area contributed by atoms with Gasteiger partial charge >= 0.3 is 5.97 Å². The first kappa shape index (κ1) is 11.6. The SMILES string of the molecule is O=C(O)C(=O)Cc1cccnc1N1CCCC1. The van der Waals surface area contributed by atoms with Crippen molar-refractivity contribution in [3.63, 3.8) is 0 Å². The van der Waals surface area contributed by atoms with E-state index in [9.17, 15) is 9.59 Å². The Morgan fingerprint density at radius 3 is 2.71 bits per heavy atom. The Labute approximate surface area is 99.1 Å². The number of nitrogens with zero attached hydrogens (tertiary/aromatic N) is 2. The first-order valence-corrected chi connectivity index (χ1v) is 5.63. The monoisotopic (exact) mass is 234 g/mol. The summed E-state index contributed by atoms with van der Waals surface area (Å²) < 4.78 is 0. The molecule has 17 heavy (non-hydrogen) atoms. The predicted octanol–water partition coefficient (Wildman–Crippen LogP) is 0.878. The number of Topliss-reactive ketones (excluding diaryl/α,β-unsaturated/α-hetero) is 1. The number of hydrogen-bond acceptors (Lipinski definition) is 4. The minimum Gasteiger partial charge on any atom is -0.475 e. The molecule has 1 fully saturated rings.